The Morgan fingerprint density at radius 3 is 2.17 bits per heavy atom. The zero-order chi connectivity index (χ0) is 9.78. The Morgan fingerprint density at radius 2 is 1.83 bits per heavy atom. The van der Waals surface area contributed by atoms with Gasteiger partial charge in [0.2, 0.25) is 5.96 Å². The van der Waals surface area contributed by atoms with Crippen molar-refractivity contribution in [1.29, 1.82) is 0 Å². The van der Waals surface area contributed by atoms with Crippen molar-refractivity contribution in [3.05, 3.63) is 0 Å². The molecule has 0 aromatic heterocycles. The van der Waals surface area contributed by atoms with Crippen LogP contribution in [0.3, 0.4) is 0 Å². The quantitative estimate of drug-likeness (QED) is 0.341. The highest BCUT2D eigenvalue weighted by molar-refractivity contribution is 7.90. The Kier molecular flexibility index (Phi) is 3.48. The summed E-state index contributed by atoms with van der Waals surface area (Å²) in [7, 11) is -3.52. The van der Waals surface area contributed by atoms with Crippen molar-refractivity contribution in [3.8, 4) is 0 Å². The maximum Gasteiger partial charge on any atom is 0.256 e. The third-order valence-corrected chi connectivity index (χ3v) is 2.04. The first-order valence-electron chi connectivity index (χ1n) is 3.05. The van der Waals surface area contributed by atoms with E-state index in [0.29, 0.717) is 0 Å². The van der Waals surface area contributed by atoms with E-state index in [1.807, 2.05) is 0 Å². The first kappa shape index (κ1) is 10.7. The van der Waals surface area contributed by atoms with E-state index in [1.54, 1.807) is 0 Å². The molecule has 0 atom stereocenters. The van der Waals surface area contributed by atoms with E-state index in [2.05, 4.69) is 9.39 Å². The summed E-state index contributed by atoms with van der Waals surface area (Å²) < 4.78 is 24.6. The van der Waals surface area contributed by atoms with Gasteiger partial charge >= 0.3 is 0 Å². The molecule has 70 valence electrons. The zero-order valence-corrected chi connectivity index (χ0v) is 7.37. The zero-order valence-electron chi connectivity index (χ0n) is 6.56. The lowest BCUT2D eigenvalue weighted by molar-refractivity contribution is 0.599. The summed E-state index contributed by atoms with van der Waals surface area (Å²) in [5.41, 5.74) is 14.9. The van der Waals surface area contributed by atoms with Crippen molar-refractivity contribution in [2.24, 2.45) is 26.6 Å². The number of nitrogens with two attached hydrogens (primary N) is 3. The summed E-state index contributed by atoms with van der Waals surface area (Å²) >= 11 is 0. The molecule has 0 amide bonds. The Hall–Kier alpha value is -1.31. The van der Waals surface area contributed by atoms with Crippen LogP contribution in [-0.2, 0) is 10.0 Å². The number of hydrogen-bond donors (Lipinski definition) is 3. The van der Waals surface area contributed by atoms with E-state index in [9.17, 15) is 8.42 Å². The molecule has 0 aliphatic rings. The number of rotatable bonds is 2. The summed E-state index contributed by atoms with van der Waals surface area (Å²) in [5, 5.41) is 0. The first-order chi connectivity index (χ1) is 5.37. The van der Waals surface area contributed by atoms with Gasteiger partial charge in [-0.2, -0.15) is 4.99 Å². The van der Waals surface area contributed by atoms with E-state index in [4.69, 9.17) is 17.2 Å². The highest BCUT2D eigenvalue weighted by Gasteiger charge is 2.04. The predicted molar refractivity (Wildman–Crippen MR) is 46.9 cm³/mol. The van der Waals surface area contributed by atoms with Crippen molar-refractivity contribution >= 4 is 21.9 Å². The standard InChI is InChI=1S/C4H11N5O2S/c1-2-12(10,11)9-4(7)8-3(5)6/h2H2,1H3,(H6,5,6,7,8,9). The van der Waals surface area contributed by atoms with E-state index in [1.165, 1.54) is 6.92 Å². The van der Waals surface area contributed by atoms with Crippen LogP contribution in [0.5, 0.6) is 0 Å². The number of nitrogens with zero attached hydrogens (tertiary/aromatic N) is 2. The molecule has 0 heterocycles. The van der Waals surface area contributed by atoms with Crippen molar-refractivity contribution in [3.63, 3.8) is 0 Å². The fourth-order valence-corrected chi connectivity index (χ4v) is 0.815. The maximum atomic E-state index is 10.8. The first-order valence-corrected chi connectivity index (χ1v) is 4.66. The molecule has 0 saturated carbocycles. The number of guanidine groups is 2. The second-order valence-electron chi connectivity index (χ2n) is 1.86. The predicted octanol–water partition coefficient (Wildman–Crippen LogP) is -2.08. The average molecular weight is 193 g/mol. The maximum absolute atomic E-state index is 10.8. The van der Waals surface area contributed by atoms with Crippen molar-refractivity contribution < 1.29 is 8.42 Å². The van der Waals surface area contributed by atoms with Crippen LogP contribution < -0.4 is 17.2 Å². The molecular weight excluding hydrogens is 182 g/mol. The number of hydrogen-bond acceptors (Lipinski definition) is 2. The Balaban J connectivity index is 4.71. The van der Waals surface area contributed by atoms with E-state index in [-0.39, 0.29) is 11.7 Å². The fraction of sp³-hybridized carbons (Fsp3) is 0.500. The third-order valence-electron chi connectivity index (χ3n) is 0.841. The summed E-state index contributed by atoms with van der Waals surface area (Å²) in [5.74, 6) is -0.937. The fourth-order valence-electron chi connectivity index (χ4n) is 0.360. The summed E-state index contributed by atoms with van der Waals surface area (Å²) in [6.45, 7) is 1.43. The Labute approximate surface area is 70.4 Å². The molecule has 0 unspecified atom stereocenters. The molecule has 12 heavy (non-hydrogen) atoms. The molecule has 0 rings (SSSR count). The average Bonchev–Trinajstić information content (AvgIpc) is 1.84. The summed E-state index contributed by atoms with van der Waals surface area (Å²) in [6, 6.07) is 0. The summed E-state index contributed by atoms with van der Waals surface area (Å²) in [6.07, 6.45) is 0. The highest BCUT2D eigenvalue weighted by atomic mass is 32.2. The lowest BCUT2D eigenvalue weighted by atomic mass is 11.0. The molecule has 0 radical (unpaired) electrons. The van der Waals surface area contributed by atoms with Crippen LogP contribution in [0.15, 0.2) is 9.39 Å². The molecule has 0 spiro atoms. The Morgan fingerprint density at radius 1 is 1.33 bits per heavy atom. The normalized spacial score (nSPS) is 12.6. The minimum Gasteiger partial charge on any atom is -0.370 e. The van der Waals surface area contributed by atoms with Crippen LogP contribution in [0, 0.1) is 0 Å². The molecule has 0 bridgehead atoms. The molecular formula is C4H11N5O2S. The van der Waals surface area contributed by atoms with Gasteiger partial charge in [0.1, 0.15) is 0 Å². The second kappa shape index (κ2) is 3.90. The molecule has 0 aliphatic carbocycles. The SMILES string of the molecule is CCS(=O)(=O)/N=C(\N)N=C(N)N. The Bertz CT molecular complexity index is 299. The van der Waals surface area contributed by atoms with Gasteiger partial charge in [0.25, 0.3) is 10.0 Å². The molecule has 7 nitrogen and oxygen atoms in total. The van der Waals surface area contributed by atoms with Crippen LogP contribution in [0.25, 0.3) is 0 Å². The second-order valence-corrected chi connectivity index (χ2v) is 3.78. The van der Waals surface area contributed by atoms with Gasteiger partial charge < -0.3 is 17.2 Å². The van der Waals surface area contributed by atoms with Crippen molar-refractivity contribution in [2.75, 3.05) is 5.75 Å². The highest BCUT2D eigenvalue weighted by Crippen LogP contribution is 1.90. The minimum atomic E-state index is -3.52. The van der Waals surface area contributed by atoms with Gasteiger partial charge in [0, 0.05) is 0 Å². The van der Waals surface area contributed by atoms with Crippen LogP contribution >= 0.6 is 0 Å². The topological polar surface area (TPSA) is 137 Å². The van der Waals surface area contributed by atoms with Gasteiger partial charge in [-0.3, -0.25) is 0 Å². The van der Waals surface area contributed by atoms with E-state index < -0.39 is 16.0 Å². The van der Waals surface area contributed by atoms with Crippen molar-refractivity contribution in [2.45, 2.75) is 6.92 Å². The molecule has 0 aromatic carbocycles. The van der Waals surface area contributed by atoms with Gasteiger partial charge in [0.05, 0.1) is 5.75 Å². The minimum absolute atomic E-state index is 0.145. The molecule has 6 N–H and O–H groups in total. The van der Waals surface area contributed by atoms with Gasteiger partial charge in [-0.15, -0.1) is 4.40 Å². The largest absolute Gasteiger partial charge is 0.370 e. The lowest BCUT2D eigenvalue weighted by Gasteiger charge is -1.93. The smallest absolute Gasteiger partial charge is 0.256 e. The van der Waals surface area contributed by atoms with Crippen LogP contribution in [0.2, 0.25) is 0 Å². The third kappa shape index (κ3) is 4.50. The summed E-state index contributed by atoms with van der Waals surface area (Å²) in [4.78, 5) is 3.23. The van der Waals surface area contributed by atoms with Gasteiger partial charge in [-0.05, 0) is 6.92 Å². The van der Waals surface area contributed by atoms with Crippen LogP contribution in [0.1, 0.15) is 6.92 Å². The molecule has 0 fully saturated rings. The van der Waals surface area contributed by atoms with Crippen LogP contribution in [0.4, 0.5) is 0 Å². The number of aliphatic imine (C=N–C) groups is 1. The lowest BCUT2D eigenvalue weighted by Crippen LogP contribution is -2.27. The van der Waals surface area contributed by atoms with Crippen LogP contribution in [-0.4, -0.2) is 26.1 Å². The van der Waals surface area contributed by atoms with E-state index >= 15 is 0 Å². The van der Waals surface area contributed by atoms with Gasteiger partial charge in [0.15, 0.2) is 5.96 Å². The van der Waals surface area contributed by atoms with Gasteiger partial charge in [-0.1, -0.05) is 0 Å². The monoisotopic (exact) mass is 193 g/mol. The molecule has 0 saturated heterocycles. The number of sulfonamides is 1. The van der Waals surface area contributed by atoms with Gasteiger partial charge in [-0.25, -0.2) is 8.42 Å². The molecule has 0 aromatic rings. The molecule has 0 aliphatic heterocycles. The molecule has 8 heteroatoms. The van der Waals surface area contributed by atoms with Crippen molar-refractivity contribution in [1.82, 2.24) is 0 Å². The van der Waals surface area contributed by atoms with E-state index in [0.717, 1.165) is 0 Å².